The Morgan fingerprint density at radius 3 is 1.41 bits per heavy atom. The Bertz CT molecular complexity index is 1040. The first-order valence-corrected chi connectivity index (χ1v) is 25.8. The van der Waals surface area contributed by atoms with Gasteiger partial charge in [0.2, 0.25) is 5.91 Å². The van der Waals surface area contributed by atoms with Gasteiger partial charge in [-0.15, -0.1) is 0 Å². The number of quaternary nitrogens is 1. The van der Waals surface area contributed by atoms with Crippen LogP contribution in [0.25, 0.3) is 0 Å². The highest BCUT2D eigenvalue weighted by Gasteiger charge is 2.23. The molecule has 8 nitrogen and oxygen atoms in total. The van der Waals surface area contributed by atoms with Crippen LogP contribution in [0.4, 0.5) is 0 Å². The normalized spacial score (nSPS) is 14.5. The third-order valence-corrected chi connectivity index (χ3v) is 11.8. The van der Waals surface area contributed by atoms with E-state index in [2.05, 4.69) is 43.5 Å². The van der Waals surface area contributed by atoms with Gasteiger partial charge in [-0.2, -0.15) is 0 Å². The lowest BCUT2D eigenvalue weighted by molar-refractivity contribution is -0.870. The fraction of sp³-hybridized carbons (Fsp3) is 0.857. The number of amides is 1. The van der Waals surface area contributed by atoms with Crippen molar-refractivity contribution in [2.75, 3.05) is 40.9 Å². The lowest BCUT2D eigenvalue weighted by atomic mass is 10.0. The minimum absolute atomic E-state index is 0.00664. The van der Waals surface area contributed by atoms with Gasteiger partial charge in [0.15, 0.2) is 0 Å². The Hall–Kier alpha value is -1.28. The predicted octanol–water partition coefficient (Wildman–Crippen LogP) is 13.2. The number of phosphoric ester groups is 1. The summed E-state index contributed by atoms with van der Waals surface area (Å²) in [6.07, 6.45) is 50.8. The fourth-order valence-corrected chi connectivity index (χ4v) is 7.65. The van der Waals surface area contributed by atoms with Crippen LogP contribution >= 0.6 is 7.82 Å². The summed E-state index contributed by atoms with van der Waals surface area (Å²) in [6.45, 7) is 4.59. The van der Waals surface area contributed by atoms with Crippen LogP contribution in [0.1, 0.15) is 219 Å². The van der Waals surface area contributed by atoms with E-state index in [0.717, 1.165) is 38.5 Å². The smallest absolute Gasteiger partial charge is 0.268 e. The summed E-state index contributed by atoms with van der Waals surface area (Å²) in [5.74, 6) is -0.210. The number of allylic oxidation sites excluding steroid dienone is 5. The van der Waals surface area contributed by atoms with E-state index in [9.17, 15) is 19.4 Å². The van der Waals surface area contributed by atoms with Crippen molar-refractivity contribution in [3.63, 3.8) is 0 Å². The summed E-state index contributed by atoms with van der Waals surface area (Å²) >= 11 is 0. The van der Waals surface area contributed by atoms with Crippen LogP contribution in [0.15, 0.2) is 36.5 Å². The lowest BCUT2D eigenvalue weighted by Crippen LogP contribution is -2.45. The van der Waals surface area contributed by atoms with Crippen molar-refractivity contribution < 1.29 is 32.9 Å². The molecule has 3 atom stereocenters. The zero-order chi connectivity index (χ0) is 42.8. The Balaban J connectivity index is 4.15. The number of carbonyl (C=O) groups is 1. The molecule has 0 rings (SSSR count). The van der Waals surface area contributed by atoms with Gasteiger partial charge in [0, 0.05) is 6.42 Å². The van der Waals surface area contributed by atoms with Crippen LogP contribution in [0.3, 0.4) is 0 Å². The maximum absolute atomic E-state index is 12.8. The quantitative estimate of drug-likeness (QED) is 0.0274. The molecule has 0 fully saturated rings. The van der Waals surface area contributed by atoms with Crippen LogP contribution < -0.4 is 10.2 Å². The number of hydrogen-bond donors (Lipinski definition) is 2. The van der Waals surface area contributed by atoms with Gasteiger partial charge in [-0.1, -0.05) is 192 Å². The molecule has 342 valence electrons. The minimum atomic E-state index is -4.59. The van der Waals surface area contributed by atoms with Gasteiger partial charge < -0.3 is 28.8 Å². The van der Waals surface area contributed by atoms with E-state index in [1.807, 2.05) is 27.2 Å². The number of hydrogen-bond acceptors (Lipinski definition) is 6. The van der Waals surface area contributed by atoms with Gasteiger partial charge >= 0.3 is 0 Å². The molecule has 0 spiro atoms. The highest BCUT2D eigenvalue weighted by atomic mass is 31.2. The van der Waals surface area contributed by atoms with Crippen LogP contribution in [0.5, 0.6) is 0 Å². The number of nitrogens with zero attached hydrogens (tertiary/aromatic N) is 1. The Labute approximate surface area is 359 Å². The number of phosphoric acid groups is 1. The highest BCUT2D eigenvalue weighted by molar-refractivity contribution is 7.45. The molecule has 0 aliphatic rings. The third kappa shape index (κ3) is 42.8. The second-order valence-electron chi connectivity index (χ2n) is 17.8. The number of carbonyl (C=O) groups excluding carboxylic acids is 1. The molecule has 0 aliphatic heterocycles. The van der Waals surface area contributed by atoms with Gasteiger partial charge in [0.1, 0.15) is 13.2 Å². The molecule has 0 aliphatic carbocycles. The molecule has 0 aromatic carbocycles. The zero-order valence-corrected chi connectivity index (χ0v) is 39.6. The van der Waals surface area contributed by atoms with E-state index in [-0.39, 0.29) is 12.5 Å². The lowest BCUT2D eigenvalue weighted by Gasteiger charge is -2.29. The molecule has 2 N–H and O–H groups in total. The number of aliphatic hydroxyl groups is 1. The number of unbranched alkanes of at least 4 members (excludes halogenated alkanes) is 27. The maximum atomic E-state index is 12.8. The van der Waals surface area contributed by atoms with E-state index < -0.39 is 26.6 Å². The molecule has 3 unspecified atom stereocenters. The molecule has 1 amide bonds. The Morgan fingerprint density at radius 1 is 0.586 bits per heavy atom. The number of nitrogens with one attached hydrogen (secondary N) is 1. The molecule has 0 saturated heterocycles. The highest BCUT2D eigenvalue weighted by Crippen LogP contribution is 2.38. The Kier molecular flexibility index (Phi) is 40.2. The van der Waals surface area contributed by atoms with Gasteiger partial charge in [-0.25, -0.2) is 0 Å². The van der Waals surface area contributed by atoms with Crippen molar-refractivity contribution in [2.45, 2.75) is 231 Å². The first kappa shape index (κ1) is 56.7. The number of aliphatic hydroxyl groups excluding tert-OH is 1. The topological polar surface area (TPSA) is 108 Å². The van der Waals surface area contributed by atoms with Crippen molar-refractivity contribution in [1.29, 1.82) is 0 Å². The molecule has 0 saturated carbocycles. The van der Waals surface area contributed by atoms with E-state index in [1.165, 1.54) is 161 Å². The van der Waals surface area contributed by atoms with Gasteiger partial charge in [0.05, 0.1) is 39.9 Å². The van der Waals surface area contributed by atoms with E-state index in [0.29, 0.717) is 17.4 Å². The van der Waals surface area contributed by atoms with Crippen molar-refractivity contribution in [3.05, 3.63) is 36.5 Å². The molecule has 9 heteroatoms. The first-order chi connectivity index (χ1) is 28.0. The molecule has 0 bridgehead atoms. The van der Waals surface area contributed by atoms with Crippen molar-refractivity contribution in [2.24, 2.45) is 0 Å². The second-order valence-corrected chi connectivity index (χ2v) is 19.2. The molecule has 58 heavy (non-hydrogen) atoms. The number of likely N-dealkylation sites (N-methyl/N-ethyl adjacent to an activating group) is 1. The molecule has 0 aromatic rings. The molecular formula is C49H95N2O6P. The molecule has 0 aromatic heterocycles. The standard InChI is InChI=1S/C49H95N2O6P/c1-6-8-10-12-14-16-18-19-20-21-22-23-24-25-26-27-28-29-30-31-32-33-35-37-39-41-43-49(53)50-47(46-57-58(54,55)56-45-44-51(3,4)5)48(52)42-40-38-36-34-17-15-13-11-9-7-2/h17,25-26,34,40,42,47-48,52H,6-16,18-24,27-33,35-39,41,43-46H2,1-5H3,(H-,50,53,54,55)/b26-25-,34-17+,42-40+. The summed E-state index contributed by atoms with van der Waals surface area (Å²) < 4.78 is 23.1. The van der Waals surface area contributed by atoms with E-state index >= 15 is 0 Å². The van der Waals surface area contributed by atoms with E-state index in [1.54, 1.807) is 6.08 Å². The maximum Gasteiger partial charge on any atom is 0.268 e. The van der Waals surface area contributed by atoms with Gasteiger partial charge in [-0.05, 0) is 57.8 Å². The first-order valence-electron chi connectivity index (χ1n) is 24.4. The Morgan fingerprint density at radius 2 is 0.966 bits per heavy atom. The van der Waals surface area contributed by atoms with Crippen LogP contribution in [0.2, 0.25) is 0 Å². The minimum Gasteiger partial charge on any atom is -0.756 e. The summed E-state index contributed by atoms with van der Waals surface area (Å²) in [5, 5.41) is 13.7. The largest absolute Gasteiger partial charge is 0.756 e. The van der Waals surface area contributed by atoms with Gasteiger partial charge in [0.25, 0.3) is 7.82 Å². The van der Waals surface area contributed by atoms with Gasteiger partial charge in [-0.3, -0.25) is 9.36 Å². The van der Waals surface area contributed by atoms with Crippen molar-refractivity contribution in [1.82, 2.24) is 5.32 Å². The van der Waals surface area contributed by atoms with Crippen molar-refractivity contribution in [3.8, 4) is 0 Å². The SMILES string of the molecule is CCCCCC/C=C/CC/C=C/C(O)C(COP(=O)([O-])OCC[N+](C)(C)C)NC(=O)CCCCCCCCCCCC/C=C\CCCCCCCCCCCCCC. The third-order valence-electron chi connectivity index (χ3n) is 10.8. The fourth-order valence-electron chi connectivity index (χ4n) is 6.93. The summed E-state index contributed by atoms with van der Waals surface area (Å²) in [5.41, 5.74) is 0. The average Bonchev–Trinajstić information content (AvgIpc) is 3.17. The van der Waals surface area contributed by atoms with Crippen molar-refractivity contribution >= 4 is 13.7 Å². The monoisotopic (exact) mass is 839 g/mol. The van der Waals surface area contributed by atoms with Crippen LogP contribution in [0, 0.1) is 0 Å². The predicted molar refractivity (Wildman–Crippen MR) is 247 cm³/mol. The number of rotatable bonds is 44. The summed E-state index contributed by atoms with van der Waals surface area (Å²) in [7, 11) is 1.24. The molecular weight excluding hydrogens is 744 g/mol. The van der Waals surface area contributed by atoms with E-state index in [4.69, 9.17) is 9.05 Å². The molecule has 0 heterocycles. The van der Waals surface area contributed by atoms with Crippen LogP contribution in [-0.4, -0.2) is 68.5 Å². The summed E-state index contributed by atoms with van der Waals surface area (Å²) in [4.78, 5) is 25.3. The molecule has 0 radical (unpaired) electrons. The van der Waals surface area contributed by atoms with Crippen LogP contribution in [-0.2, 0) is 18.4 Å². The summed E-state index contributed by atoms with van der Waals surface area (Å²) in [6, 6.07) is -0.901. The zero-order valence-electron chi connectivity index (χ0n) is 38.8. The average molecular weight is 839 g/mol. The second kappa shape index (κ2) is 41.1.